The van der Waals surface area contributed by atoms with Gasteiger partial charge in [0.1, 0.15) is 10.8 Å². The Labute approximate surface area is 137 Å². The lowest BCUT2D eigenvalue weighted by molar-refractivity contribution is -0.384. The lowest BCUT2D eigenvalue weighted by Crippen LogP contribution is -2.13. The summed E-state index contributed by atoms with van der Waals surface area (Å²) in [6.45, 7) is 1.69. The van der Waals surface area contributed by atoms with E-state index in [-0.39, 0.29) is 28.9 Å². The van der Waals surface area contributed by atoms with Crippen molar-refractivity contribution in [3.8, 4) is 0 Å². The summed E-state index contributed by atoms with van der Waals surface area (Å²) in [7, 11) is 0. The van der Waals surface area contributed by atoms with Gasteiger partial charge in [0.15, 0.2) is 0 Å². The predicted molar refractivity (Wildman–Crippen MR) is 86.2 cm³/mol. The molecule has 0 atom stereocenters. The van der Waals surface area contributed by atoms with Gasteiger partial charge in [-0.25, -0.2) is 4.39 Å². The van der Waals surface area contributed by atoms with Gasteiger partial charge in [0.2, 0.25) is 5.91 Å². The van der Waals surface area contributed by atoms with Crippen molar-refractivity contribution in [2.45, 2.75) is 19.8 Å². The molecule has 0 aliphatic heterocycles. The maximum atomic E-state index is 13.1. The number of nitro groups is 1. The van der Waals surface area contributed by atoms with Crippen LogP contribution in [0.2, 0.25) is 5.02 Å². The number of rotatable bonds is 5. The first-order valence-corrected chi connectivity index (χ1v) is 7.23. The fourth-order valence-corrected chi connectivity index (χ4v) is 2.39. The number of hydrogen-bond donors (Lipinski definition) is 1. The van der Waals surface area contributed by atoms with Crippen LogP contribution in [0.3, 0.4) is 0 Å². The molecule has 2 aromatic rings. The molecule has 7 heteroatoms. The number of halogens is 2. The number of nitrogens with zero attached hydrogens (tertiary/aromatic N) is 1. The molecular formula is C16H14ClFN2O3. The van der Waals surface area contributed by atoms with Crippen LogP contribution in [0.4, 0.5) is 15.8 Å². The second-order valence-electron chi connectivity index (χ2n) is 5.05. The van der Waals surface area contributed by atoms with E-state index in [2.05, 4.69) is 5.32 Å². The summed E-state index contributed by atoms with van der Waals surface area (Å²) in [5.74, 6) is -0.666. The monoisotopic (exact) mass is 336 g/mol. The van der Waals surface area contributed by atoms with Crippen LogP contribution in [0.5, 0.6) is 0 Å². The highest BCUT2D eigenvalue weighted by Gasteiger charge is 2.16. The Balaban J connectivity index is 2.05. The van der Waals surface area contributed by atoms with Gasteiger partial charge in [-0.2, -0.15) is 0 Å². The maximum absolute atomic E-state index is 13.1. The third kappa shape index (κ3) is 4.50. The van der Waals surface area contributed by atoms with Crippen LogP contribution in [0.25, 0.3) is 0 Å². The van der Waals surface area contributed by atoms with Crippen molar-refractivity contribution in [1.29, 1.82) is 0 Å². The van der Waals surface area contributed by atoms with Gasteiger partial charge in [-0.05, 0) is 42.7 Å². The molecule has 0 radical (unpaired) electrons. The summed E-state index contributed by atoms with van der Waals surface area (Å²) in [6.07, 6.45) is 0.512. The molecule has 0 heterocycles. The van der Waals surface area contributed by atoms with Crippen LogP contribution in [0.15, 0.2) is 36.4 Å². The van der Waals surface area contributed by atoms with Gasteiger partial charge in [-0.3, -0.25) is 14.9 Å². The molecule has 0 unspecified atom stereocenters. The smallest absolute Gasteiger partial charge is 0.289 e. The van der Waals surface area contributed by atoms with Crippen LogP contribution in [-0.2, 0) is 11.2 Å². The highest BCUT2D eigenvalue weighted by Crippen LogP contribution is 2.30. The van der Waals surface area contributed by atoms with E-state index in [4.69, 9.17) is 11.6 Å². The zero-order valence-corrected chi connectivity index (χ0v) is 13.1. The molecule has 120 valence electrons. The molecule has 0 aliphatic carbocycles. The predicted octanol–water partition coefficient (Wildman–Crippen LogP) is 4.27. The number of amides is 1. The highest BCUT2D eigenvalue weighted by molar-refractivity contribution is 6.32. The Morgan fingerprint density at radius 2 is 2.09 bits per heavy atom. The second-order valence-corrected chi connectivity index (χ2v) is 5.46. The van der Waals surface area contributed by atoms with Gasteiger partial charge in [-0.1, -0.05) is 23.7 Å². The Morgan fingerprint density at radius 1 is 1.35 bits per heavy atom. The number of anilines is 1. The fourth-order valence-electron chi connectivity index (χ4n) is 2.10. The van der Waals surface area contributed by atoms with E-state index in [1.54, 1.807) is 19.1 Å². The minimum absolute atomic E-state index is 0.0188. The zero-order valence-electron chi connectivity index (χ0n) is 12.3. The summed E-state index contributed by atoms with van der Waals surface area (Å²) in [5, 5.41) is 13.5. The average Bonchev–Trinajstić information content (AvgIpc) is 2.47. The van der Waals surface area contributed by atoms with Gasteiger partial charge in [-0.15, -0.1) is 0 Å². The SMILES string of the molecule is Cc1cc(Cl)c([N+](=O)[O-])cc1NC(=O)CCc1cccc(F)c1. The summed E-state index contributed by atoms with van der Waals surface area (Å²) in [5.41, 5.74) is 1.40. The normalized spacial score (nSPS) is 10.4. The van der Waals surface area contributed by atoms with Crippen LogP contribution >= 0.6 is 11.6 Å². The van der Waals surface area contributed by atoms with Gasteiger partial charge in [0, 0.05) is 12.5 Å². The van der Waals surface area contributed by atoms with Gasteiger partial charge in [0.25, 0.3) is 5.69 Å². The van der Waals surface area contributed by atoms with Crippen LogP contribution in [0, 0.1) is 22.9 Å². The highest BCUT2D eigenvalue weighted by atomic mass is 35.5. The number of hydrogen-bond acceptors (Lipinski definition) is 3. The van der Waals surface area contributed by atoms with E-state index in [0.29, 0.717) is 23.2 Å². The molecule has 0 aromatic heterocycles. The molecule has 0 fully saturated rings. The van der Waals surface area contributed by atoms with Crippen molar-refractivity contribution in [3.63, 3.8) is 0 Å². The molecule has 0 saturated heterocycles. The molecule has 0 aliphatic rings. The summed E-state index contributed by atoms with van der Waals surface area (Å²) < 4.78 is 13.1. The number of aryl methyl sites for hydroxylation is 2. The van der Waals surface area contributed by atoms with Crippen molar-refractivity contribution < 1.29 is 14.1 Å². The van der Waals surface area contributed by atoms with Crippen molar-refractivity contribution in [3.05, 3.63) is 68.5 Å². The van der Waals surface area contributed by atoms with Crippen molar-refractivity contribution in [2.24, 2.45) is 0 Å². The fraction of sp³-hybridized carbons (Fsp3) is 0.188. The quantitative estimate of drug-likeness (QED) is 0.654. The second kappa shape index (κ2) is 7.19. The number of carbonyl (C=O) groups excluding carboxylic acids is 1. The first kappa shape index (κ1) is 16.9. The van der Waals surface area contributed by atoms with Crippen LogP contribution in [-0.4, -0.2) is 10.8 Å². The van der Waals surface area contributed by atoms with Crippen molar-refractivity contribution in [1.82, 2.24) is 0 Å². The van der Waals surface area contributed by atoms with Crippen molar-refractivity contribution >= 4 is 28.9 Å². The first-order chi connectivity index (χ1) is 10.9. The Kier molecular flexibility index (Phi) is 5.28. The number of carbonyl (C=O) groups is 1. The molecule has 0 saturated carbocycles. The van der Waals surface area contributed by atoms with E-state index in [1.165, 1.54) is 24.3 Å². The third-order valence-corrected chi connectivity index (χ3v) is 3.60. The van der Waals surface area contributed by atoms with E-state index < -0.39 is 4.92 Å². The minimum atomic E-state index is -0.607. The first-order valence-electron chi connectivity index (χ1n) is 6.85. The minimum Gasteiger partial charge on any atom is -0.326 e. The summed E-state index contributed by atoms with van der Waals surface area (Å²) in [4.78, 5) is 22.3. The van der Waals surface area contributed by atoms with Crippen molar-refractivity contribution in [2.75, 3.05) is 5.32 Å². The summed E-state index contributed by atoms with van der Waals surface area (Å²) >= 11 is 5.80. The zero-order chi connectivity index (χ0) is 17.0. The molecule has 1 N–H and O–H groups in total. The van der Waals surface area contributed by atoms with Gasteiger partial charge in [0.05, 0.1) is 10.6 Å². The van der Waals surface area contributed by atoms with E-state index in [1.807, 2.05) is 0 Å². The Hall–Kier alpha value is -2.47. The van der Waals surface area contributed by atoms with Crippen LogP contribution in [0.1, 0.15) is 17.5 Å². The Morgan fingerprint density at radius 3 is 2.74 bits per heavy atom. The summed E-state index contributed by atoms with van der Waals surface area (Å²) in [6, 6.07) is 8.68. The topological polar surface area (TPSA) is 72.2 Å². The molecular weight excluding hydrogens is 323 g/mol. The molecule has 5 nitrogen and oxygen atoms in total. The lowest BCUT2D eigenvalue weighted by Gasteiger charge is -2.09. The molecule has 2 rings (SSSR count). The molecule has 1 amide bonds. The standard InChI is InChI=1S/C16H14ClFN2O3/c1-10-7-13(17)15(20(22)23)9-14(10)19-16(21)6-5-11-3-2-4-12(18)8-11/h2-4,7-9H,5-6H2,1H3,(H,19,21). The average molecular weight is 337 g/mol. The third-order valence-electron chi connectivity index (χ3n) is 3.29. The largest absolute Gasteiger partial charge is 0.326 e. The number of nitrogens with one attached hydrogen (secondary N) is 1. The van der Waals surface area contributed by atoms with E-state index in [9.17, 15) is 19.3 Å². The van der Waals surface area contributed by atoms with E-state index in [0.717, 1.165) is 0 Å². The van der Waals surface area contributed by atoms with E-state index >= 15 is 0 Å². The molecule has 0 spiro atoms. The number of nitro benzene ring substituents is 1. The lowest BCUT2D eigenvalue weighted by atomic mass is 10.1. The molecule has 0 bridgehead atoms. The van der Waals surface area contributed by atoms with Gasteiger partial charge >= 0.3 is 0 Å². The Bertz CT molecular complexity index is 765. The van der Waals surface area contributed by atoms with Crippen LogP contribution < -0.4 is 5.32 Å². The number of benzene rings is 2. The maximum Gasteiger partial charge on any atom is 0.289 e. The molecule has 23 heavy (non-hydrogen) atoms. The molecule has 2 aromatic carbocycles. The van der Waals surface area contributed by atoms with Gasteiger partial charge < -0.3 is 5.32 Å².